The van der Waals surface area contributed by atoms with Crippen LogP contribution in [0.3, 0.4) is 0 Å². The lowest BCUT2D eigenvalue weighted by molar-refractivity contribution is -0.00528. The van der Waals surface area contributed by atoms with E-state index in [2.05, 4.69) is 27.2 Å². The van der Waals surface area contributed by atoms with Crippen molar-refractivity contribution >= 4 is 0 Å². The van der Waals surface area contributed by atoms with Crippen molar-refractivity contribution in [2.45, 2.75) is 71.0 Å². The molecule has 0 aromatic rings. The molecule has 1 aliphatic rings. The maximum absolute atomic E-state index is 5.80. The van der Waals surface area contributed by atoms with Crippen LogP contribution in [-0.4, -0.2) is 24.9 Å². The van der Waals surface area contributed by atoms with Crippen LogP contribution in [0, 0.1) is 6.42 Å². The highest BCUT2D eigenvalue weighted by Gasteiger charge is 2.13. The van der Waals surface area contributed by atoms with Crippen LogP contribution < -0.4 is 0 Å². The molecule has 0 aromatic heterocycles. The fraction of sp³-hybridized carbons (Fsp3) is 0.929. The van der Waals surface area contributed by atoms with Gasteiger partial charge in [0.25, 0.3) is 0 Å². The molecule has 2 nitrogen and oxygen atoms in total. The predicted molar refractivity (Wildman–Crippen MR) is 67.4 cm³/mol. The minimum absolute atomic E-state index is 0.0158. The van der Waals surface area contributed by atoms with Gasteiger partial charge in [-0.05, 0) is 46.5 Å². The van der Waals surface area contributed by atoms with E-state index in [-0.39, 0.29) is 5.60 Å². The summed E-state index contributed by atoms with van der Waals surface area (Å²) in [6.45, 7) is 7.86. The summed E-state index contributed by atoms with van der Waals surface area (Å²) >= 11 is 0. The van der Waals surface area contributed by atoms with Crippen LogP contribution in [0.25, 0.3) is 0 Å². The lowest BCUT2D eigenvalue weighted by atomic mass is 9.98. The summed E-state index contributed by atoms with van der Waals surface area (Å²) in [7, 11) is 0. The number of hydrogen-bond acceptors (Lipinski definition) is 2. The SMILES string of the molecule is CC(C)(C)OCC[CH]COC1CCCCC1. The highest BCUT2D eigenvalue weighted by atomic mass is 16.5. The molecule has 0 saturated heterocycles. The third-order valence-corrected chi connectivity index (χ3v) is 2.86. The Balaban J connectivity index is 1.87. The number of unbranched alkanes of at least 4 members (excludes halogenated alkanes) is 1. The maximum atomic E-state index is 5.80. The van der Waals surface area contributed by atoms with Crippen molar-refractivity contribution in [1.29, 1.82) is 0 Å². The monoisotopic (exact) mass is 227 g/mol. The highest BCUT2D eigenvalue weighted by molar-refractivity contribution is 4.69. The minimum Gasteiger partial charge on any atom is -0.378 e. The van der Waals surface area contributed by atoms with Gasteiger partial charge in [-0.3, -0.25) is 0 Å². The second-order valence-corrected chi connectivity index (χ2v) is 5.63. The van der Waals surface area contributed by atoms with Crippen molar-refractivity contribution in [3.8, 4) is 0 Å². The van der Waals surface area contributed by atoms with Crippen LogP contribution in [0.4, 0.5) is 0 Å². The summed E-state index contributed by atoms with van der Waals surface area (Å²) in [5.74, 6) is 0. The summed E-state index contributed by atoms with van der Waals surface area (Å²) in [6, 6.07) is 0. The molecular formula is C14H27O2. The van der Waals surface area contributed by atoms with E-state index in [1.54, 1.807) is 0 Å². The van der Waals surface area contributed by atoms with E-state index in [9.17, 15) is 0 Å². The molecule has 0 N–H and O–H groups in total. The standard InChI is InChI=1S/C14H27O2/c1-14(2,3)16-12-8-7-11-15-13-9-5-4-6-10-13/h7,13H,4-6,8-12H2,1-3H3. The van der Waals surface area contributed by atoms with Gasteiger partial charge < -0.3 is 9.47 Å². The summed E-state index contributed by atoms with van der Waals surface area (Å²) < 4.78 is 11.4. The summed E-state index contributed by atoms with van der Waals surface area (Å²) in [5, 5.41) is 0. The third kappa shape index (κ3) is 7.24. The van der Waals surface area contributed by atoms with Gasteiger partial charge in [0.1, 0.15) is 0 Å². The normalized spacial score (nSPS) is 18.9. The lowest BCUT2D eigenvalue weighted by Gasteiger charge is -2.22. The molecule has 0 atom stereocenters. The first-order valence-electron chi connectivity index (χ1n) is 6.65. The van der Waals surface area contributed by atoms with Crippen LogP contribution in [-0.2, 0) is 9.47 Å². The average molecular weight is 227 g/mol. The molecule has 1 fully saturated rings. The molecule has 0 heterocycles. The molecule has 1 rings (SSSR count). The molecule has 1 aliphatic carbocycles. The van der Waals surface area contributed by atoms with Gasteiger partial charge in [0.05, 0.1) is 18.3 Å². The smallest absolute Gasteiger partial charge is 0.0598 e. The minimum atomic E-state index is -0.0158. The zero-order chi connectivity index (χ0) is 11.9. The van der Waals surface area contributed by atoms with Crippen LogP contribution in [0.2, 0.25) is 0 Å². The van der Waals surface area contributed by atoms with Crippen LogP contribution in [0.15, 0.2) is 0 Å². The molecule has 95 valence electrons. The number of rotatable bonds is 6. The Morgan fingerprint density at radius 3 is 2.44 bits per heavy atom. The molecule has 0 unspecified atom stereocenters. The van der Waals surface area contributed by atoms with Crippen molar-refractivity contribution in [2.75, 3.05) is 13.2 Å². The second-order valence-electron chi connectivity index (χ2n) is 5.63. The molecule has 16 heavy (non-hydrogen) atoms. The van der Waals surface area contributed by atoms with Gasteiger partial charge in [-0.15, -0.1) is 0 Å². The van der Waals surface area contributed by atoms with E-state index in [0.29, 0.717) is 6.10 Å². The topological polar surface area (TPSA) is 18.5 Å². The summed E-state index contributed by atoms with van der Waals surface area (Å²) in [5.41, 5.74) is -0.0158. The Bertz CT molecular complexity index is 166. The Kier molecular flexibility index (Phi) is 6.37. The summed E-state index contributed by atoms with van der Waals surface area (Å²) in [6.07, 6.45) is 10.3. The van der Waals surface area contributed by atoms with Crippen LogP contribution in [0.5, 0.6) is 0 Å². The molecule has 0 aliphatic heterocycles. The van der Waals surface area contributed by atoms with Gasteiger partial charge in [-0.2, -0.15) is 0 Å². The molecule has 0 aromatic carbocycles. The first kappa shape index (κ1) is 14.0. The van der Waals surface area contributed by atoms with E-state index in [1.165, 1.54) is 32.1 Å². The zero-order valence-electron chi connectivity index (χ0n) is 11.1. The van der Waals surface area contributed by atoms with Crippen molar-refractivity contribution in [3.63, 3.8) is 0 Å². The van der Waals surface area contributed by atoms with Gasteiger partial charge >= 0.3 is 0 Å². The van der Waals surface area contributed by atoms with Gasteiger partial charge in [0, 0.05) is 6.61 Å². The molecule has 0 spiro atoms. The fourth-order valence-electron chi connectivity index (χ4n) is 1.97. The highest BCUT2D eigenvalue weighted by Crippen LogP contribution is 2.20. The first-order chi connectivity index (χ1) is 7.58. The molecular weight excluding hydrogens is 200 g/mol. The van der Waals surface area contributed by atoms with Gasteiger partial charge in [0.15, 0.2) is 0 Å². The number of ether oxygens (including phenoxy) is 2. The molecule has 0 bridgehead atoms. The van der Waals surface area contributed by atoms with Gasteiger partial charge in [-0.25, -0.2) is 0 Å². The van der Waals surface area contributed by atoms with E-state index >= 15 is 0 Å². The Labute approximate surface area is 101 Å². The number of hydrogen-bond donors (Lipinski definition) is 0. The van der Waals surface area contributed by atoms with Crippen molar-refractivity contribution in [3.05, 3.63) is 6.42 Å². The first-order valence-corrected chi connectivity index (χ1v) is 6.65. The molecule has 2 heteroatoms. The van der Waals surface area contributed by atoms with Crippen molar-refractivity contribution in [2.24, 2.45) is 0 Å². The molecule has 1 saturated carbocycles. The van der Waals surface area contributed by atoms with E-state index in [0.717, 1.165) is 19.6 Å². The summed E-state index contributed by atoms with van der Waals surface area (Å²) in [4.78, 5) is 0. The Hall–Kier alpha value is -0.0800. The molecule has 1 radical (unpaired) electrons. The largest absolute Gasteiger partial charge is 0.378 e. The van der Waals surface area contributed by atoms with Crippen LogP contribution >= 0.6 is 0 Å². The fourth-order valence-corrected chi connectivity index (χ4v) is 1.97. The van der Waals surface area contributed by atoms with E-state index in [1.807, 2.05) is 0 Å². The van der Waals surface area contributed by atoms with Gasteiger partial charge in [0.2, 0.25) is 0 Å². The van der Waals surface area contributed by atoms with E-state index in [4.69, 9.17) is 9.47 Å². The zero-order valence-corrected chi connectivity index (χ0v) is 11.1. The van der Waals surface area contributed by atoms with Gasteiger partial charge in [-0.1, -0.05) is 19.3 Å². The predicted octanol–water partition coefficient (Wildman–Crippen LogP) is 3.75. The quantitative estimate of drug-likeness (QED) is 0.643. The molecule has 0 amide bonds. The second kappa shape index (κ2) is 7.29. The van der Waals surface area contributed by atoms with Crippen molar-refractivity contribution < 1.29 is 9.47 Å². The average Bonchev–Trinajstić information content (AvgIpc) is 2.23. The Morgan fingerprint density at radius 1 is 1.12 bits per heavy atom. The third-order valence-electron chi connectivity index (χ3n) is 2.86. The van der Waals surface area contributed by atoms with E-state index < -0.39 is 0 Å². The maximum Gasteiger partial charge on any atom is 0.0598 e. The van der Waals surface area contributed by atoms with Crippen LogP contribution in [0.1, 0.15) is 59.3 Å². The Morgan fingerprint density at radius 2 is 1.81 bits per heavy atom. The van der Waals surface area contributed by atoms with Crippen molar-refractivity contribution in [1.82, 2.24) is 0 Å². The lowest BCUT2D eigenvalue weighted by Crippen LogP contribution is -2.20.